The Hall–Kier alpha value is -2.21. The maximum absolute atomic E-state index is 11.7. The Labute approximate surface area is 131 Å². The minimum Gasteiger partial charge on any atom is -0.506 e. The Morgan fingerprint density at radius 3 is 2.55 bits per heavy atom. The number of aliphatic carboxylic acids is 1. The molecular weight excluding hydrogens is 304 g/mol. The molecule has 0 atom stereocenters. The topological polar surface area (TPSA) is 83.8 Å². The number of fused-ring (bicyclic) bond motifs is 1. The summed E-state index contributed by atoms with van der Waals surface area (Å²) in [5.74, 6) is -1.45. The molecule has 0 aliphatic heterocycles. The number of carbonyl (C=O) groups excluding carboxylic acids is 1. The van der Waals surface area contributed by atoms with Crippen molar-refractivity contribution in [3.63, 3.8) is 0 Å². The highest BCUT2D eigenvalue weighted by atomic mass is 32.2. The maximum atomic E-state index is 11.7. The lowest BCUT2D eigenvalue weighted by atomic mass is 10.0. The SMILES string of the molecule is CCOC(=O)Cc1cc(SCC(=O)O)c(O)c2ccccc12. The van der Waals surface area contributed by atoms with Gasteiger partial charge < -0.3 is 14.9 Å². The predicted octanol–water partition coefficient (Wildman–Crippen LogP) is 2.83. The summed E-state index contributed by atoms with van der Waals surface area (Å²) in [4.78, 5) is 22.9. The second-order valence-corrected chi connectivity index (χ2v) is 5.61. The number of ether oxygens (including phenoxy) is 1. The first-order valence-corrected chi connectivity index (χ1v) is 7.75. The molecule has 0 aliphatic carbocycles. The van der Waals surface area contributed by atoms with Gasteiger partial charge in [0.25, 0.3) is 0 Å². The number of hydrogen-bond acceptors (Lipinski definition) is 5. The molecular formula is C16H16O5S. The first-order chi connectivity index (χ1) is 10.5. The van der Waals surface area contributed by atoms with Crippen LogP contribution in [-0.2, 0) is 20.7 Å². The molecule has 22 heavy (non-hydrogen) atoms. The summed E-state index contributed by atoms with van der Waals surface area (Å²) < 4.78 is 4.96. The smallest absolute Gasteiger partial charge is 0.313 e. The third-order valence-corrected chi connectivity index (χ3v) is 4.07. The van der Waals surface area contributed by atoms with E-state index < -0.39 is 5.97 Å². The Morgan fingerprint density at radius 2 is 1.91 bits per heavy atom. The average molecular weight is 320 g/mol. The van der Waals surface area contributed by atoms with Crippen molar-refractivity contribution in [3.05, 3.63) is 35.9 Å². The molecule has 0 heterocycles. The monoisotopic (exact) mass is 320 g/mol. The van der Waals surface area contributed by atoms with Crippen LogP contribution in [0.25, 0.3) is 10.8 Å². The molecule has 2 rings (SSSR count). The van der Waals surface area contributed by atoms with Crippen LogP contribution in [0.15, 0.2) is 35.2 Å². The Bertz CT molecular complexity index is 711. The first-order valence-electron chi connectivity index (χ1n) is 6.76. The van der Waals surface area contributed by atoms with Gasteiger partial charge in [-0.25, -0.2) is 0 Å². The number of carboxylic acid groups (broad SMARTS) is 1. The molecule has 0 radical (unpaired) electrons. The number of carboxylic acids is 1. The molecule has 0 aromatic heterocycles. The van der Waals surface area contributed by atoms with E-state index in [1.165, 1.54) is 0 Å². The minimum absolute atomic E-state index is 0.0365. The van der Waals surface area contributed by atoms with E-state index >= 15 is 0 Å². The molecule has 2 N–H and O–H groups in total. The van der Waals surface area contributed by atoms with E-state index in [9.17, 15) is 14.7 Å². The standard InChI is InChI=1S/C16H16O5S/c1-2-21-15(19)8-10-7-13(22-9-14(17)18)16(20)12-6-4-3-5-11(10)12/h3-7,20H,2,8-9H2,1H3,(H,17,18). The van der Waals surface area contributed by atoms with Crippen molar-refractivity contribution in [2.75, 3.05) is 12.4 Å². The number of phenolic OH excluding ortho intramolecular Hbond substituents is 1. The van der Waals surface area contributed by atoms with Crippen molar-refractivity contribution in [1.82, 2.24) is 0 Å². The molecule has 0 spiro atoms. The summed E-state index contributed by atoms with van der Waals surface area (Å²) >= 11 is 1.02. The summed E-state index contributed by atoms with van der Waals surface area (Å²) in [7, 11) is 0. The van der Waals surface area contributed by atoms with Gasteiger partial charge in [0.1, 0.15) is 5.75 Å². The normalized spacial score (nSPS) is 10.6. The van der Waals surface area contributed by atoms with Crippen LogP contribution in [0.5, 0.6) is 5.75 Å². The van der Waals surface area contributed by atoms with Crippen molar-refractivity contribution in [1.29, 1.82) is 0 Å². The van der Waals surface area contributed by atoms with Crippen molar-refractivity contribution in [2.45, 2.75) is 18.2 Å². The van der Waals surface area contributed by atoms with Gasteiger partial charge in [0.05, 0.1) is 23.7 Å². The van der Waals surface area contributed by atoms with Crippen molar-refractivity contribution in [2.24, 2.45) is 0 Å². The highest BCUT2D eigenvalue weighted by molar-refractivity contribution is 8.00. The zero-order valence-corrected chi connectivity index (χ0v) is 12.9. The molecule has 116 valence electrons. The lowest BCUT2D eigenvalue weighted by Gasteiger charge is -2.12. The molecule has 0 unspecified atom stereocenters. The number of thioether (sulfide) groups is 1. The molecule has 6 heteroatoms. The lowest BCUT2D eigenvalue weighted by molar-refractivity contribution is -0.142. The fourth-order valence-corrected chi connectivity index (χ4v) is 2.92. The third kappa shape index (κ3) is 3.71. The molecule has 0 saturated carbocycles. The Morgan fingerprint density at radius 1 is 1.23 bits per heavy atom. The summed E-state index contributed by atoms with van der Waals surface area (Å²) in [5, 5.41) is 20.4. The van der Waals surface area contributed by atoms with Gasteiger partial charge in [-0.1, -0.05) is 24.3 Å². The number of benzene rings is 2. The van der Waals surface area contributed by atoms with Gasteiger partial charge in [-0.3, -0.25) is 9.59 Å². The number of phenols is 1. The molecule has 0 fully saturated rings. The zero-order chi connectivity index (χ0) is 16.1. The zero-order valence-electron chi connectivity index (χ0n) is 12.0. The van der Waals surface area contributed by atoms with E-state index in [0.29, 0.717) is 22.5 Å². The first kappa shape index (κ1) is 16.2. The van der Waals surface area contributed by atoms with Gasteiger partial charge >= 0.3 is 11.9 Å². The molecule has 2 aromatic rings. The number of rotatable bonds is 6. The molecule has 2 aromatic carbocycles. The van der Waals surface area contributed by atoms with Crippen LogP contribution in [0.2, 0.25) is 0 Å². The fraction of sp³-hybridized carbons (Fsp3) is 0.250. The average Bonchev–Trinajstić information content (AvgIpc) is 2.49. The van der Waals surface area contributed by atoms with Crippen LogP contribution in [0.3, 0.4) is 0 Å². The van der Waals surface area contributed by atoms with Crippen LogP contribution in [0.1, 0.15) is 12.5 Å². The van der Waals surface area contributed by atoms with E-state index in [1.54, 1.807) is 25.1 Å². The number of esters is 1. The van der Waals surface area contributed by atoms with E-state index in [-0.39, 0.29) is 23.9 Å². The molecule has 0 amide bonds. The van der Waals surface area contributed by atoms with Crippen LogP contribution in [-0.4, -0.2) is 34.5 Å². The molecule has 0 aliphatic rings. The second kappa shape index (κ2) is 7.17. The second-order valence-electron chi connectivity index (χ2n) is 4.59. The van der Waals surface area contributed by atoms with Gasteiger partial charge in [0.15, 0.2) is 0 Å². The largest absolute Gasteiger partial charge is 0.506 e. The molecule has 0 bridgehead atoms. The van der Waals surface area contributed by atoms with Crippen molar-refractivity contribution < 1.29 is 24.5 Å². The summed E-state index contributed by atoms with van der Waals surface area (Å²) in [6, 6.07) is 8.81. The lowest BCUT2D eigenvalue weighted by Crippen LogP contribution is -2.08. The van der Waals surface area contributed by atoms with Gasteiger partial charge in [-0.05, 0) is 23.9 Å². The Balaban J connectivity index is 2.46. The summed E-state index contributed by atoms with van der Waals surface area (Å²) in [6.45, 7) is 2.04. The van der Waals surface area contributed by atoms with Gasteiger partial charge in [0, 0.05) is 5.39 Å². The summed E-state index contributed by atoms with van der Waals surface area (Å²) in [6.07, 6.45) is 0.0786. The fourth-order valence-electron chi connectivity index (χ4n) is 2.17. The third-order valence-electron chi connectivity index (χ3n) is 3.06. The van der Waals surface area contributed by atoms with Crippen LogP contribution in [0.4, 0.5) is 0 Å². The number of hydrogen-bond donors (Lipinski definition) is 2. The predicted molar refractivity (Wildman–Crippen MR) is 84.3 cm³/mol. The highest BCUT2D eigenvalue weighted by Crippen LogP contribution is 2.37. The van der Waals surface area contributed by atoms with E-state index in [4.69, 9.17) is 9.84 Å². The minimum atomic E-state index is -0.968. The molecule has 5 nitrogen and oxygen atoms in total. The van der Waals surface area contributed by atoms with Crippen LogP contribution in [0, 0.1) is 0 Å². The number of aromatic hydroxyl groups is 1. The van der Waals surface area contributed by atoms with Crippen LogP contribution >= 0.6 is 11.8 Å². The quantitative estimate of drug-likeness (QED) is 0.629. The number of carbonyl (C=O) groups is 2. The van der Waals surface area contributed by atoms with Crippen molar-refractivity contribution in [3.8, 4) is 5.75 Å². The Kier molecular flexibility index (Phi) is 5.27. The van der Waals surface area contributed by atoms with Crippen LogP contribution < -0.4 is 0 Å². The van der Waals surface area contributed by atoms with Gasteiger partial charge in [-0.2, -0.15) is 0 Å². The van der Waals surface area contributed by atoms with E-state index in [0.717, 1.165) is 17.1 Å². The van der Waals surface area contributed by atoms with Crippen molar-refractivity contribution >= 4 is 34.5 Å². The highest BCUT2D eigenvalue weighted by Gasteiger charge is 2.15. The van der Waals surface area contributed by atoms with Gasteiger partial charge in [0.2, 0.25) is 0 Å². The van der Waals surface area contributed by atoms with E-state index in [2.05, 4.69) is 0 Å². The maximum Gasteiger partial charge on any atom is 0.313 e. The molecule has 0 saturated heterocycles. The van der Waals surface area contributed by atoms with Gasteiger partial charge in [-0.15, -0.1) is 11.8 Å². The van der Waals surface area contributed by atoms with E-state index in [1.807, 2.05) is 12.1 Å². The summed E-state index contributed by atoms with van der Waals surface area (Å²) in [5.41, 5.74) is 0.708.